The van der Waals surface area contributed by atoms with Gasteiger partial charge in [0.1, 0.15) is 0 Å². The summed E-state index contributed by atoms with van der Waals surface area (Å²) in [6.07, 6.45) is 4.53. The minimum Gasteiger partial charge on any atom is -0.393 e. The molecule has 14 heavy (non-hydrogen) atoms. The summed E-state index contributed by atoms with van der Waals surface area (Å²) in [6, 6.07) is 0. The maximum absolute atomic E-state index is 9.14. The van der Waals surface area contributed by atoms with Gasteiger partial charge in [0.2, 0.25) is 5.89 Å². The van der Waals surface area contributed by atoms with Gasteiger partial charge in [-0.15, -0.1) is 0 Å². The molecule has 0 saturated heterocycles. The van der Waals surface area contributed by atoms with Crippen molar-refractivity contribution >= 4 is 0 Å². The highest BCUT2D eigenvalue weighted by Crippen LogP contribution is 2.35. The molecule has 1 N–H and O–H groups in total. The fourth-order valence-electron chi connectivity index (χ4n) is 1.66. The average Bonchev–Trinajstić information content (AvgIpc) is 2.58. The van der Waals surface area contributed by atoms with E-state index in [4.69, 9.17) is 9.63 Å². The Kier molecular flexibility index (Phi) is 2.82. The molecule has 1 aliphatic carbocycles. The first-order valence-electron chi connectivity index (χ1n) is 5.30. The van der Waals surface area contributed by atoms with Crippen molar-refractivity contribution in [1.29, 1.82) is 0 Å². The zero-order chi connectivity index (χ0) is 9.97. The third-order valence-electron chi connectivity index (χ3n) is 2.70. The molecule has 1 aliphatic rings. The van der Waals surface area contributed by atoms with Crippen LogP contribution in [0.15, 0.2) is 4.52 Å². The van der Waals surface area contributed by atoms with Gasteiger partial charge >= 0.3 is 0 Å². The van der Waals surface area contributed by atoms with Crippen LogP contribution in [0.4, 0.5) is 0 Å². The maximum atomic E-state index is 9.14. The molecule has 4 heteroatoms. The molecule has 0 aromatic carbocycles. The molecule has 1 aromatic heterocycles. The van der Waals surface area contributed by atoms with E-state index in [2.05, 4.69) is 17.1 Å². The second-order valence-corrected chi connectivity index (χ2v) is 3.97. The van der Waals surface area contributed by atoms with Gasteiger partial charge in [-0.3, -0.25) is 0 Å². The Morgan fingerprint density at radius 3 is 2.93 bits per heavy atom. The van der Waals surface area contributed by atoms with E-state index < -0.39 is 0 Å². The maximum Gasteiger partial charge on any atom is 0.229 e. The summed E-state index contributed by atoms with van der Waals surface area (Å²) < 4.78 is 5.14. The molecular formula is C10H16N2O2. The number of aryl methyl sites for hydroxylation is 1. The second kappa shape index (κ2) is 4.09. The summed E-state index contributed by atoms with van der Waals surface area (Å²) in [5.74, 6) is 1.82. The summed E-state index contributed by atoms with van der Waals surface area (Å²) in [5.41, 5.74) is 0. The highest BCUT2D eigenvalue weighted by atomic mass is 16.5. The van der Waals surface area contributed by atoms with Gasteiger partial charge in [-0.1, -0.05) is 18.5 Å². The molecule has 0 radical (unpaired) electrons. The average molecular weight is 196 g/mol. The van der Waals surface area contributed by atoms with E-state index in [1.165, 1.54) is 0 Å². The van der Waals surface area contributed by atoms with Crippen LogP contribution in [-0.4, -0.2) is 21.4 Å². The number of hydrogen-bond donors (Lipinski definition) is 1. The van der Waals surface area contributed by atoms with Crippen molar-refractivity contribution in [3.8, 4) is 0 Å². The van der Waals surface area contributed by atoms with Crippen LogP contribution >= 0.6 is 0 Å². The third kappa shape index (κ3) is 1.95. The van der Waals surface area contributed by atoms with Crippen LogP contribution in [0.25, 0.3) is 0 Å². The molecule has 78 valence electrons. The van der Waals surface area contributed by atoms with Gasteiger partial charge in [0.15, 0.2) is 5.82 Å². The van der Waals surface area contributed by atoms with Gasteiger partial charge in [-0.25, -0.2) is 0 Å². The Labute approximate surface area is 83.3 Å². The fourth-order valence-corrected chi connectivity index (χ4v) is 1.66. The first kappa shape index (κ1) is 9.65. The van der Waals surface area contributed by atoms with Gasteiger partial charge in [-0.2, -0.15) is 4.98 Å². The van der Waals surface area contributed by atoms with Crippen LogP contribution in [0.5, 0.6) is 0 Å². The molecule has 1 fully saturated rings. The first-order valence-corrected chi connectivity index (χ1v) is 5.30. The zero-order valence-corrected chi connectivity index (χ0v) is 8.44. The number of unbranched alkanes of at least 4 members (excludes halogenated alkanes) is 1. The molecule has 0 amide bonds. The fraction of sp³-hybridized carbons (Fsp3) is 0.800. The van der Waals surface area contributed by atoms with Gasteiger partial charge in [-0.05, 0) is 19.3 Å². The molecule has 0 unspecified atom stereocenters. The smallest absolute Gasteiger partial charge is 0.229 e. The largest absolute Gasteiger partial charge is 0.393 e. The van der Waals surface area contributed by atoms with Crippen molar-refractivity contribution in [3.05, 3.63) is 11.7 Å². The summed E-state index contributed by atoms with van der Waals surface area (Å²) in [7, 11) is 0. The molecule has 0 aliphatic heterocycles. The van der Waals surface area contributed by atoms with Gasteiger partial charge in [0, 0.05) is 12.3 Å². The molecule has 0 spiro atoms. The van der Waals surface area contributed by atoms with Crippen LogP contribution in [0.2, 0.25) is 0 Å². The Bertz CT molecular complexity index is 292. The summed E-state index contributed by atoms with van der Waals surface area (Å²) >= 11 is 0. The van der Waals surface area contributed by atoms with Crippen molar-refractivity contribution in [2.75, 3.05) is 0 Å². The van der Waals surface area contributed by atoms with E-state index in [0.717, 1.165) is 37.9 Å². The Morgan fingerprint density at radius 2 is 2.29 bits per heavy atom. The van der Waals surface area contributed by atoms with Crippen molar-refractivity contribution in [1.82, 2.24) is 10.1 Å². The predicted octanol–water partition coefficient (Wildman–Crippen LogP) is 1.65. The lowest BCUT2D eigenvalue weighted by Crippen LogP contribution is -2.26. The SMILES string of the molecule is CCCCc1noc(C2CC(O)C2)n1. The highest BCUT2D eigenvalue weighted by Gasteiger charge is 2.32. The van der Waals surface area contributed by atoms with Gasteiger partial charge in [0.25, 0.3) is 0 Å². The van der Waals surface area contributed by atoms with Crippen molar-refractivity contribution < 1.29 is 9.63 Å². The molecule has 1 heterocycles. The number of rotatable bonds is 4. The molecule has 0 bridgehead atoms. The van der Waals surface area contributed by atoms with Crippen LogP contribution in [0.1, 0.15) is 50.2 Å². The van der Waals surface area contributed by atoms with Crippen molar-refractivity contribution in [3.63, 3.8) is 0 Å². The van der Waals surface area contributed by atoms with E-state index in [0.29, 0.717) is 11.8 Å². The van der Waals surface area contributed by atoms with Crippen LogP contribution in [-0.2, 0) is 6.42 Å². The van der Waals surface area contributed by atoms with Crippen LogP contribution in [0, 0.1) is 0 Å². The lowest BCUT2D eigenvalue weighted by atomic mass is 9.82. The summed E-state index contributed by atoms with van der Waals surface area (Å²) in [6.45, 7) is 2.14. The monoisotopic (exact) mass is 196 g/mol. The Balaban J connectivity index is 1.90. The number of aliphatic hydroxyl groups is 1. The number of aliphatic hydroxyl groups excluding tert-OH is 1. The van der Waals surface area contributed by atoms with E-state index in [-0.39, 0.29) is 6.10 Å². The quantitative estimate of drug-likeness (QED) is 0.795. The minimum atomic E-state index is -0.161. The minimum absolute atomic E-state index is 0.161. The molecular weight excluding hydrogens is 180 g/mol. The van der Waals surface area contributed by atoms with E-state index >= 15 is 0 Å². The highest BCUT2D eigenvalue weighted by molar-refractivity contribution is 5.01. The van der Waals surface area contributed by atoms with Crippen LogP contribution in [0.3, 0.4) is 0 Å². The molecule has 1 aromatic rings. The standard InChI is InChI=1S/C10H16N2O2/c1-2-3-4-9-11-10(14-12-9)7-5-8(13)6-7/h7-8,13H,2-6H2,1H3. The van der Waals surface area contributed by atoms with Crippen molar-refractivity contribution in [2.45, 2.75) is 51.0 Å². The molecule has 0 atom stereocenters. The second-order valence-electron chi connectivity index (χ2n) is 3.97. The Morgan fingerprint density at radius 1 is 1.50 bits per heavy atom. The lowest BCUT2D eigenvalue weighted by molar-refractivity contribution is 0.0625. The van der Waals surface area contributed by atoms with E-state index in [1.807, 2.05) is 0 Å². The normalized spacial score (nSPS) is 26.1. The van der Waals surface area contributed by atoms with E-state index in [9.17, 15) is 0 Å². The lowest BCUT2D eigenvalue weighted by Gasteiger charge is -2.27. The third-order valence-corrected chi connectivity index (χ3v) is 2.70. The molecule has 2 rings (SSSR count). The summed E-state index contributed by atoms with van der Waals surface area (Å²) in [4.78, 5) is 4.32. The van der Waals surface area contributed by atoms with Crippen LogP contribution < -0.4 is 0 Å². The molecule has 1 saturated carbocycles. The Hall–Kier alpha value is -0.900. The topological polar surface area (TPSA) is 59.2 Å². The number of aromatic nitrogens is 2. The van der Waals surface area contributed by atoms with Gasteiger partial charge < -0.3 is 9.63 Å². The van der Waals surface area contributed by atoms with Gasteiger partial charge in [0.05, 0.1) is 6.10 Å². The number of nitrogens with zero attached hydrogens (tertiary/aromatic N) is 2. The summed E-state index contributed by atoms with van der Waals surface area (Å²) in [5, 5.41) is 13.1. The first-order chi connectivity index (χ1) is 6.79. The molecule has 4 nitrogen and oxygen atoms in total. The van der Waals surface area contributed by atoms with E-state index in [1.54, 1.807) is 0 Å². The predicted molar refractivity (Wildman–Crippen MR) is 50.9 cm³/mol. The number of hydrogen-bond acceptors (Lipinski definition) is 4. The zero-order valence-electron chi connectivity index (χ0n) is 8.44. The van der Waals surface area contributed by atoms with Crippen molar-refractivity contribution in [2.24, 2.45) is 0 Å².